The van der Waals surface area contributed by atoms with Crippen LogP contribution in [0.3, 0.4) is 0 Å². The summed E-state index contributed by atoms with van der Waals surface area (Å²) >= 11 is 0. The molecule has 0 atom stereocenters. The van der Waals surface area contributed by atoms with Gasteiger partial charge in [0, 0.05) is 25.2 Å². The molecule has 4 nitrogen and oxygen atoms in total. The van der Waals surface area contributed by atoms with Gasteiger partial charge in [-0.15, -0.1) is 0 Å². The van der Waals surface area contributed by atoms with Gasteiger partial charge >= 0.3 is 0 Å². The fourth-order valence-electron chi connectivity index (χ4n) is 3.42. The van der Waals surface area contributed by atoms with Gasteiger partial charge in [-0.3, -0.25) is 4.90 Å². The third-order valence-corrected chi connectivity index (χ3v) is 5.03. The number of phenolic OH excluding ortho intramolecular Hbond substituents is 1. The van der Waals surface area contributed by atoms with Gasteiger partial charge in [0.05, 0.1) is 12.2 Å². The largest absolute Gasteiger partial charge is 0.508 e. The van der Waals surface area contributed by atoms with Gasteiger partial charge in [-0.25, -0.2) is 0 Å². The molecule has 0 saturated carbocycles. The number of likely N-dealkylation sites (tertiary alicyclic amines) is 1. The molecular formula is C21H27NO3. The quantitative estimate of drug-likeness (QED) is 0.873. The summed E-state index contributed by atoms with van der Waals surface area (Å²) in [6, 6.07) is 13.5. The van der Waals surface area contributed by atoms with Crippen molar-refractivity contribution in [2.45, 2.75) is 38.8 Å². The molecule has 134 valence electrons. The van der Waals surface area contributed by atoms with Crippen LogP contribution >= 0.6 is 0 Å². The summed E-state index contributed by atoms with van der Waals surface area (Å²) < 4.78 is 5.52. The normalized spacial score (nSPS) is 17.4. The Morgan fingerprint density at radius 3 is 2.40 bits per heavy atom. The highest BCUT2D eigenvalue weighted by atomic mass is 16.5. The van der Waals surface area contributed by atoms with E-state index < -0.39 is 5.60 Å². The molecule has 1 heterocycles. The lowest BCUT2D eigenvalue weighted by molar-refractivity contribution is -0.0278. The van der Waals surface area contributed by atoms with Crippen molar-refractivity contribution in [2.24, 2.45) is 0 Å². The van der Waals surface area contributed by atoms with Gasteiger partial charge in [-0.05, 0) is 50.5 Å². The summed E-state index contributed by atoms with van der Waals surface area (Å²) in [6.07, 6.45) is 1.39. The zero-order valence-corrected chi connectivity index (χ0v) is 15.0. The van der Waals surface area contributed by atoms with Crippen molar-refractivity contribution >= 4 is 0 Å². The van der Waals surface area contributed by atoms with E-state index in [1.54, 1.807) is 12.1 Å². The highest BCUT2D eigenvalue weighted by Gasteiger charge is 2.33. The first-order chi connectivity index (χ1) is 12.0. The van der Waals surface area contributed by atoms with Crippen molar-refractivity contribution in [3.8, 4) is 11.5 Å². The predicted octanol–water partition coefficient (Wildman–Crippen LogP) is 3.58. The molecule has 0 amide bonds. The van der Waals surface area contributed by atoms with Gasteiger partial charge in [-0.2, -0.15) is 0 Å². The molecule has 1 aliphatic heterocycles. The van der Waals surface area contributed by atoms with Gasteiger partial charge in [0.25, 0.3) is 0 Å². The highest BCUT2D eigenvalue weighted by Crippen LogP contribution is 2.34. The van der Waals surface area contributed by atoms with Gasteiger partial charge in [0.1, 0.15) is 11.5 Å². The van der Waals surface area contributed by atoms with Gasteiger partial charge in [0.15, 0.2) is 0 Å². The van der Waals surface area contributed by atoms with Crippen molar-refractivity contribution in [2.75, 3.05) is 19.7 Å². The number of ether oxygens (including phenoxy) is 1. The van der Waals surface area contributed by atoms with Crippen molar-refractivity contribution in [3.63, 3.8) is 0 Å². The van der Waals surface area contributed by atoms with E-state index in [1.165, 1.54) is 5.56 Å². The summed E-state index contributed by atoms with van der Waals surface area (Å²) in [5, 5.41) is 21.1. The van der Waals surface area contributed by atoms with E-state index in [1.807, 2.05) is 25.1 Å². The lowest BCUT2D eigenvalue weighted by Gasteiger charge is -2.38. The second kappa shape index (κ2) is 7.46. The summed E-state index contributed by atoms with van der Waals surface area (Å²) in [6.45, 7) is 6.86. The molecule has 0 aromatic heterocycles. The van der Waals surface area contributed by atoms with Gasteiger partial charge in [-0.1, -0.05) is 29.8 Å². The van der Waals surface area contributed by atoms with Crippen molar-refractivity contribution in [1.82, 2.24) is 4.90 Å². The third-order valence-electron chi connectivity index (χ3n) is 5.03. The smallest absolute Gasteiger partial charge is 0.120 e. The molecule has 2 N–H and O–H groups in total. The highest BCUT2D eigenvalue weighted by molar-refractivity contribution is 5.39. The number of phenols is 1. The lowest BCUT2D eigenvalue weighted by atomic mass is 9.84. The molecule has 2 aromatic rings. The minimum Gasteiger partial charge on any atom is -0.508 e. The average molecular weight is 341 g/mol. The lowest BCUT2D eigenvalue weighted by Crippen LogP contribution is -2.42. The minimum absolute atomic E-state index is 0.294. The Balaban J connectivity index is 1.64. The molecule has 1 fully saturated rings. The number of piperidine rings is 1. The Morgan fingerprint density at radius 2 is 1.76 bits per heavy atom. The van der Waals surface area contributed by atoms with Crippen LogP contribution in [0.2, 0.25) is 0 Å². The summed E-state index contributed by atoms with van der Waals surface area (Å²) in [5.41, 5.74) is 2.32. The number of rotatable bonds is 5. The molecule has 0 bridgehead atoms. The first kappa shape index (κ1) is 17.8. The minimum atomic E-state index is -0.751. The molecule has 1 aliphatic rings. The topological polar surface area (TPSA) is 52.9 Å². The molecule has 0 aliphatic carbocycles. The summed E-state index contributed by atoms with van der Waals surface area (Å²) in [5.74, 6) is 1.08. The molecule has 2 aromatic carbocycles. The van der Waals surface area contributed by atoms with E-state index in [4.69, 9.17) is 4.74 Å². The maximum atomic E-state index is 11.0. The zero-order valence-electron chi connectivity index (χ0n) is 15.0. The molecule has 0 spiro atoms. The fourth-order valence-corrected chi connectivity index (χ4v) is 3.42. The van der Waals surface area contributed by atoms with Gasteiger partial charge < -0.3 is 14.9 Å². The molecule has 25 heavy (non-hydrogen) atoms. The van der Waals surface area contributed by atoms with Crippen LogP contribution in [0.4, 0.5) is 0 Å². The van der Waals surface area contributed by atoms with Crippen LogP contribution in [0.25, 0.3) is 0 Å². The van der Waals surface area contributed by atoms with Crippen LogP contribution in [0, 0.1) is 6.92 Å². The van der Waals surface area contributed by atoms with E-state index in [9.17, 15) is 10.2 Å². The zero-order chi connectivity index (χ0) is 17.9. The van der Waals surface area contributed by atoms with Crippen LogP contribution in [0.1, 0.15) is 36.5 Å². The number of aliphatic hydroxyl groups is 1. The first-order valence-corrected chi connectivity index (χ1v) is 8.97. The number of hydrogen-bond acceptors (Lipinski definition) is 4. The molecular weight excluding hydrogens is 314 g/mol. The third kappa shape index (κ3) is 4.14. The van der Waals surface area contributed by atoms with Crippen LogP contribution in [0.5, 0.6) is 11.5 Å². The Labute approximate surface area is 149 Å². The van der Waals surface area contributed by atoms with E-state index >= 15 is 0 Å². The molecule has 1 saturated heterocycles. The van der Waals surface area contributed by atoms with E-state index in [0.29, 0.717) is 31.7 Å². The second-order valence-corrected chi connectivity index (χ2v) is 6.90. The molecule has 0 radical (unpaired) electrons. The second-order valence-electron chi connectivity index (χ2n) is 6.90. The Morgan fingerprint density at radius 1 is 1.08 bits per heavy atom. The van der Waals surface area contributed by atoms with Crippen LogP contribution < -0.4 is 4.74 Å². The fraction of sp³-hybridized carbons (Fsp3) is 0.429. The van der Waals surface area contributed by atoms with Crippen LogP contribution in [0.15, 0.2) is 42.5 Å². The monoisotopic (exact) mass is 341 g/mol. The van der Waals surface area contributed by atoms with Crippen molar-refractivity contribution in [1.29, 1.82) is 0 Å². The number of hydrogen-bond donors (Lipinski definition) is 2. The van der Waals surface area contributed by atoms with Crippen molar-refractivity contribution in [3.05, 3.63) is 59.2 Å². The Bertz CT molecular complexity index is 704. The van der Waals surface area contributed by atoms with E-state index in [-0.39, 0.29) is 0 Å². The van der Waals surface area contributed by atoms with Crippen LogP contribution in [-0.4, -0.2) is 34.8 Å². The maximum absolute atomic E-state index is 11.0. The standard InChI is InChI=1S/C21H27NO3/c1-3-25-19-8-9-20(23)17(14-19)15-22-12-10-21(24,11-13-22)18-6-4-16(2)5-7-18/h4-9,14,23-24H,3,10-13,15H2,1-2H3. The predicted molar refractivity (Wildman–Crippen MR) is 98.9 cm³/mol. The average Bonchev–Trinajstić information content (AvgIpc) is 2.61. The van der Waals surface area contributed by atoms with Gasteiger partial charge in [0.2, 0.25) is 0 Å². The number of aryl methyl sites for hydroxylation is 1. The summed E-state index contributed by atoms with van der Waals surface area (Å²) in [7, 11) is 0. The number of aromatic hydroxyl groups is 1. The maximum Gasteiger partial charge on any atom is 0.120 e. The molecule has 4 heteroatoms. The summed E-state index contributed by atoms with van der Waals surface area (Å²) in [4.78, 5) is 2.27. The van der Waals surface area contributed by atoms with Crippen LogP contribution in [-0.2, 0) is 12.1 Å². The van der Waals surface area contributed by atoms with E-state index in [2.05, 4.69) is 24.0 Å². The Hall–Kier alpha value is -2.04. The SMILES string of the molecule is CCOc1ccc(O)c(CN2CCC(O)(c3ccc(C)cc3)CC2)c1. The first-order valence-electron chi connectivity index (χ1n) is 8.97. The van der Waals surface area contributed by atoms with E-state index in [0.717, 1.165) is 30.0 Å². The number of benzene rings is 2. The Kier molecular flexibility index (Phi) is 5.30. The van der Waals surface area contributed by atoms with Crippen molar-refractivity contribution < 1.29 is 14.9 Å². The molecule has 3 rings (SSSR count). The number of nitrogens with zero attached hydrogens (tertiary/aromatic N) is 1. The molecule has 0 unspecified atom stereocenters.